The van der Waals surface area contributed by atoms with E-state index in [4.69, 9.17) is 4.74 Å². The summed E-state index contributed by atoms with van der Waals surface area (Å²) in [6, 6.07) is 10.8. The average Bonchev–Trinajstić information content (AvgIpc) is 3.39. The van der Waals surface area contributed by atoms with E-state index in [1.807, 2.05) is 18.4 Å². The molecule has 0 aliphatic carbocycles. The molecule has 156 valence electrons. The number of ether oxygens (including phenoxy) is 1. The molecule has 1 amide bonds. The second-order valence-corrected chi connectivity index (χ2v) is 8.37. The molecule has 0 bridgehead atoms. The van der Waals surface area contributed by atoms with E-state index in [1.165, 1.54) is 5.56 Å². The van der Waals surface area contributed by atoms with E-state index in [2.05, 4.69) is 50.7 Å². The van der Waals surface area contributed by atoms with Crippen LogP contribution in [0.25, 0.3) is 0 Å². The number of carbonyl (C=O) groups excluding carboxylic acids is 1. The normalized spacial score (nSPS) is 20.4. The lowest BCUT2D eigenvalue weighted by Crippen LogP contribution is -2.37. The van der Waals surface area contributed by atoms with Gasteiger partial charge >= 0.3 is 0 Å². The number of carbonyl (C=O) groups is 1. The maximum absolute atomic E-state index is 12.7. The Kier molecular flexibility index (Phi) is 6.13. The zero-order valence-electron chi connectivity index (χ0n) is 17.4. The Morgan fingerprint density at radius 1 is 1.17 bits per heavy atom. The van der Waals surface area contributed by atoms with Crippen molar-refractivity contribution in [3.05, 3.63) is 41.7 Å². The molecule has 3 heterocycles. The Hall–Kier alpha value is -2.41. The maximum atomic E-state index is 12.7. The van der Waals surface area contributed by atoms with Gasteiger partial charge < -0.3 is 15.0 Å². The Morgan fingerprint density at radius 2 is 1.93 bits per heavy atom. The molecule has 2 fully saturated rings. The molecule has 7 heteroatoms. The highest BCUT2D eigenvalue weighted by molar-refractivity contribution is 5.91. The van der Waals surface area contributed by atoms with Crippen LogP contribution in [0.2, 0.25) is 0 Å². The number of hydrogen-bond acceptors (Lipinski definition) is 5. The number of nitrogens with zero attached hydrogens (tertiary/aromatic N) is 4. The monoisotopic (exact) mass is 397 g/mol. The zero-order valence-corrected chi connectivity index (χ0v) is 17.4. The second kappa shape index (κ2) is 8.95. The Balaban J connectivity index is 1.51. The minimum atomic E-state index is -0.170. The van der Waals surface area contributed by atoms with E-state index in [0.717, 1.165) is 51.3 Å². The smallest absolute Gasteiger partial charge is 0.289 e. The highest BCUT2D eigenvalue weighted by Gasteiger charge is 2.29. The number of anilines is 1. The van der Waals surface area contributed by atoms with E-state index < -0.39 is 0 Å². The van der Waals surface area contributed by atoms with Crippen LogP contribution in [0.5, 0.6) is 0 Å². The Labute approximate surface area is 172 Å². The first-order valence-corrected chi connectivity index (χ1v) is 10.8. The van der Waals surface area contributed by atoms with Crippen molar-refractivity contribution in [2.45, 2.75) is 64.1 Å². The summed E-state index contributed by atoms with van der Waals surface area (Å²) >= 11 is 0. The van der Waals surface area contributed by atoms with Gasteiger partial charge in [-0.25, -0.2) is 0 Å². The van der Waals surface area contributed by atoms with Crippen molar-refractivity contribution < 1.29 is 9.53 Å². The van der Waals surface area contributed by atoms with Gasteiger partial charge in [0.2, 0.25) is 11.8 Å². The van der Waals surface area contributed by atoms with Crippen LogP contribution in [0.4, 0.5) is 5.95 Å². The molecule has 1 aromatic heterocycles. The van der Waals surface area contributed by atoms with E-state index in [0.29, 0.717) is 18.3 Å². The van der Waals surface area contributed by atoms with Crippen molar-refractivity contribution in [3.8, 4) is 0 Å². The molecule has 2 aromatic rings. The van der Waals surface area contributed by atoms with E-state index in [-0.39, 0.29) is 18.1 Å². The predicted molar refractivity (Wildman–Crippen MR) is 112 cm³/mol. The van der Waals surface area contributed by atoms with Crippen LogP contribution in [0.15, 0.2) is 30.3 Å². The molecule has 4 rings (SSSR count). The maximum Gasteiger partial charge on any atom is 0.289 e. The molecule has 1 atom stereocenters. The largest absolute Gasteiger partial charge is 0.376 e. The summed E-state index contributed by atoms with van der Waals surface area (Å²) < 4.78 is 7.80. The highest BCUT2D eigenvalue weighted by Crippen LogP contribution is 2.30. The molecule has 2 saturated heterocycles. The van der Waals surface area contributed by atoms with Gasteiger partial charge in [-0.3, -0.25) is 9.36 Å². The van der Waals surface area contributed by atoms with Crippen molar-refractivity contribution in [2.24, 2.45) is 0 Å². The first kappa shape index (κ1) is 19.9. The van der Waals surface area contributed by atoms with Gasteiger partial charge in [-0.2, -0.15) is 0 Å². The van der Waals surface area contributed by atoms with Gasteiger partial charge in [-0.1, -0.05) is 30.3 Å². The number of amides is 1. The SMILES string of the molecule is CC(C)NC(=O)c1nnc(N2CCC(c3ccccc3)CC2)n1CC1CCCO1. The fourth-order valence-electron chi connectivity index (χ4n) is 4.32. The third-order valence-corrected chi connectivity index (χ3v) is 5.81. The average molecular weight is 398 g/mol. The molecular weight excluding hydrogens is 366 g/mol. The second-order valence-electron chi connectivity index (χ2n) is 8.37. The molecule has 0 saturated carbocycles. The number of piperidine rings is 1. The number of aromatic nitrogens is 3. The third-order valence-electron chi connectivity index (χ3n) is 5.81. The van der Waals surface area contributed by atoms with Crippen LogP contribution < -0.4 is 10.2 Å². The van der Waals surface area contributed by atoms with E-state index in [1.54, 1.807) is 0 Å². The molecule has 1 N–H and O–H groups in total. The predicted octanol–water partition coefficient (Wildman–Crippen LogP) is 2.98. The summed E-state index contributed by atoms with van der Waals surface area (Å²) in [6.07, 6.45) is 4.35. The van der Waals surface area contributed by atoms with Crippen LogP contribution in [0, 0.1) is 0 Å². The van der Waals surface area contributed by atoms with Gasteiger partial charge in [0.25, 0.3) is 5.91 Å². The number of rotatable bonds is 6. The lowest BCUT2D eigenvalue weighted by Gasteiger charge is -2.33. The van der Waals surface area contributed by atoms with Gasteiger partial charge in [0.15, 0.2) is 0 Å². The van der Waals surface area contributed by atoms with Crippen LogP contribution in [0.1, 0.15) is 61.6 Å². The summed E-state index contributed by atoms with van der Waals surface area (Å²) in [6.45, 7) is 7.14. The summed E-state index contributed by atoms with van der Waals surface area (Å²) in [5.41, 5.74) is 1.41. The van der Waals surface area contributed by atoms with Crippen LogP contribution in [-0.4, -0.2) is 52.5 Å². The summed E-state index contributed by atoms with van der Waals surface area (Å²) in [7, 11) is 0. The quantitative estimate of drug-likeness (QED) is 0.811. The Bertz CT molecular complexity index is 806. The molecule has 1 unspecified atom stereocenters. The molecule has 1 aromatic carbocycles. The first-order valence-electron chi connectivity index (χ1n) is 10.8. The molecule has 29 heavy (non-hydrogen) atoms. The van der Waals surface area contributed by atoms with Crippen molar-refractivity contribution in [2.75, 3.05) is 24.6 Å². The van der Waals surface area contributed by atoms with Crippen LogP contribution >= 0.6 is 0 Å². The summed E-state index contributed by atoms with van der Waals surface area (Å²) in [4.78, 5) is 15.0. The number of benzene rings is 1. The lowest BCUT2D eigenvalue weighted by atomic mass is 9.90. The van der Waals surface area contributed by atoms with Crippen molar-refractivity contribution in [1.29, 1.82) is 0 Å². The van der Waals surface area contributed by atoms with Gasteiger partial charge in [0, 0.05) is 25.7 Å². The van der Waals surface area contributed by atoms with E-state index in [9.17, 15) is 4.79 Å². The lowest BCUT2D eigenvalue weighted by molar-refractivity contribution is 0.0884. The highest BCUT2D eigenvalue weighted by atomic mass is 16.5. The van der Waals surface area contributed by atoms with Crippen molar-refractivity contribution >= 4 is 11.9 Å². The summed E-state index contributed by atoms with van der Waals surface area (Å²) in [5, 5.41) is 11.6. The van der Waals surface area contributed by atoms with Gasteiger partial charge in [-0.15, -0.1) is 10.2 Å². The third kappa shape index (κ3) is 4.61. The molecule has 0 radical (unpaired) electrons. The van der Waals surface area contributed by atoms with Crippen molar-refractivity contribution in [1.82, 2.24) is 20.1 Å². The number of hydrogen-bond donors (Lipinski definition) is 1. The summed E-state index contributed by atoms with van der Waals surface area (Å²) in [5.74, 6) is 1.58. The van der Waals surface area contributed by atoms with Crippen molar-refractivity contribution in [3.63, 3.8) is 0 Å². The van der Waals surface area contributed by atoms with Gasteiger partial charge in [0.05, 0.1) is 12.6 Å². The zero-order chi connectivity index (χ0) is 20.2. The minimum Gasteiger partial charge on any atom is -0.376 e. The number of nitrogens with one attached hydrogen (secondary N) is 1. The topological polar surface area (TPSA) is 72.3 Å². The fourth-order valence-corrected chi connectivity index (χ4v) is 4.32. The van der Waals surface area contributed by atoms with Crippen LogP contribution in [-0.2, 0) is 11.3 Å². The standard InChI is InChI=1S/C22H31N5O2/c1-16(2)23-21(28)20-24-25-22(27(20)15-19-9-6-14-29-19)26-12-10-18(11-13-26)17-7-4-3-5-8-17/h3-5,7-8,16,18-19H,6,9-15H2,1-2H3,(H,23,28). The first-order chi connectivity index (χ1) is 14.1. The molecule has 2 aliphatic heterocycles. The van der Waals surface area contributed by atoms with Gasteiger partial charge in [0.1, 0.15) is 0 Å². The minimum absolute atomic E-state index is 0.0560. The fraction of sp³-hybridized carbons (Fsp3) is 0.591. The van der Waals surface area contributed by atoms with E-state index >= 15 is 0 Å². The van der Waals surface area contributed by atoms with Gasteiger partial charge in [-0.05, 0) is 51.0 Å². The molecule has 7 nitrogen and oxygen atoms in total. The molecular formula is C22H31N5O2. The molecule has 2 aliphatic rings. The molecule has 0 spiro atoms. The van der Waals surface area contributed by atoms with Crippen LogP contribution in [0.3, 0.4) is 0 Å². The Morgan fingerprint density at radius 3 is 2.59 bits per heavy atom.